The van der Waals surface area contributed by atoms with E-state index in [4.69, 9.17) is 27.9 Å². The van der Waals surface area contributed by atoms with E-state index in [1.54, 1.807) is 6.07 Å². The molecule has 0 amide bonds. The Kier molecular flexibility index (Phi) is 7.29. The van der Waals surface area contributed by atoms with Gasteiger partial charge in [0.1, 0.15) is 5.75 Å². The standard InChI is InChI=1S/C12H14Cl2F3NOS/c1-2-18-7-8-5-9(13)6-10(14)11(8)19-3-4-20-12(15,16)17/h5-6,18H,2-4,7H2,1H3. The number of ether oxygens (including phenoxy) is 1. The average molecular weight is 348 g/mol. The van der Waals surface area contributed by atoms with Gasteiger partial charge in [0.2, 0.25) is 0 Å². The van der Waals surface area contributed by atoms with E-state index in [1.165, 1.54) is 6.07 Å². The number of hydrogen-bond acceptors (Lipinski definition) is 3. The molecule has 0 fully saturated rings. The van der Waals surface area contributed by atoms with Gasteiger partial charge in [0.15, 0.2) is 0 Å². The Morgan fingerprint density at radius 3 is 2.60 bits per heavy atom. The lowest BCUT2D eigenvalue weighted by atomic mass is 10.2. The van der Waals surface area contributed by atoms with Crippen molar-refractivity contribution in [3.05, 3.63) is 27.7 Å². The highest BCUT2D eigenvalue weighted by Gasteiger charge is 2.27. The lowest BCUT2D eigenvalue weighted by Crippen LogP contribution is -2.14. The van der Waals surface area contributed by atoms with Gasteiger partial charge in [-0.05, 0) is 30.4 Å². The van der Waals surface area contributed by atoms with Crippen LogP contribution in [0.4, 0.5) is 13.2 Å². The predicted molar refractivity (Wildman–Crippen MR) is 77.9 cm³/mol. The monoisotopic (exact) mass is 347 g/mol. The normalized spacial score (nSPS) is 11.7. The molecular formula is C12H14Cl2F3NOS. The van der Waals surface area contributed by atoms with Gasteiger partial charge in [-0.25, -0.2) is 0 Å². The summed E-state index contributed by atoms with van der Waals surface area (Å²) in [6, 6.07) is 3.19. The SMILES string of the molecule is CCNCc1cc(Cl)cc(Cl)c1OCCSC(F)(F)F. The Hall–Kier alpha value is -0.300. The summed E-state index contributed by atoms with van der Waals surface area (Å²) >= 11 is 11.8. The van der Waals surface area contributed by atoms with Crippen LogP contribution in [0.25, 0.3) is 0 Å². The Labute approximate surface area is 130 Å². The van der Waals surface area contributed by atoms with Crippen LogP contribution in [-0.2, 0) is 6.54 Å². The zero-order valence-corrected chi connectivity index (χ0v) is 13.0. The smallest absolute Gasteiger partial charge is 0.441 e. The summed E-state index contributed by atoms with van der Waals surface area (Å²) in [6.45, 7) is 3.09. The minimum Gasteiger partial charge on any atom is -0.491 e. The topological polar surface area (TPSA) is 21.3 Å². The number of alkyl halides is 3. The first-order valence-electron chi connectivity index (χ1n) is 5.85. The van der Waals surface area contributed by atoms with Crippen molar-refractivity contribution in [1.82, 2.24) is 5.32 Å². The molecule has 0 bridgehead atoms. The van der Waals surface area contributed by atoms with Gasteiger partial charge < -0.3 is 10.1 Å². The van der Waals surface area contributed by atoms with E-state index in [2.05, 4.69) is 5.32 Å². The molecule has 0 spiro atoms. The quantitative estimate of drug-likeness (QED) is 0.720. The van der Waals surface area contributed by atoms with Crippen molar-refractivity contribution in [2.45, 2.75) is 19.0 Å². The summed E-state index contributed by atoms with van der Waals surface area (Å²) in [5.74, 6) is 0.183. The van der Waals surface area contributed by atoms with E-state index >= 15 is 0 Å². The summed E-state index contributed by atoms with van der Waals surface area (Å²) in [5.41, 5.74) is -3.53. The minimum atomic E-state index is -4.25. The molecule has 1 N–H and O–H groups in total. The maximum Gasteiger partial charge on any atom is 0.441 e. The summed E-state index contributed by atoms with van der Waals surface area (Å²) in [5, 5.41) is 3.84. The number of rotatable bonds is 7. The molecule has 0 atom stereocenters. The van der Waals surface area contributed by atoms with E-state index in [9.17, 15) is 13.2 Å². The predicted octanol–water partition coefficient (Wildman–Crippen LogP) is 4.73. The van der Waals surface area contributed by atoms with Crippen molar-refractivity contribution in [3.63, 3.8) is 0 Å². The van der Waals surface area contributed by atoms with Crippen LogP contribution in [0.3, 0.4) is 0 Å². The van der Waals surface area contributed by atoms with E-state index in [0.29, 0.717) is 22.3 Å². The number of halogens is 5. The van der Waals surface area contributed by atoms with Crippen molar-refractivity contribution in [2.24, 2.45) is 0 Å². The Morgan fingerprint density at radius 1 is 1.30 bits per heavy atom. The third kappa shape index (κ3) is 6.43. The molecule has 0 aliphatic rings. The van der Waals surface area contributed by atoms with Crippen LogP contribution in [0.2, 0.25) is 10.0 Å². The fraction of sp³-hybridized carbons (Fsp3) is 0.500. The lowest BCUT2D eigenvalue weighted by Gasteiger charge is -2.14. The molecule has 1 aromatic carbocycles. The summed E-state index contributed by atoms with van der Waals surface area (Å²) < 4.78 is 41.4. The highest BCUT2D eigenvalue weighted by atomic mass is 35.5. The zero-order valence-electron chi connectivity index (χ0n) is 10.7. The van der Waals surface area contributed by atoms with Gasteiger partial charge in [-0.15, -0.1) is 0 Å². The second-order valence-corrected chi connectivity index (χ2v) is 5.80. The fourth-order valence-electron chi connectivity index (χ4n) is 1.47. The third-order valence-corrected chi connectivity index (χ3v) is 3.44. The second-order valence-electron chi connectivity index (χ2n) is 3.80. The van der Waals surface area contributed by atoms with Gasteiger partial charge in [-0.1, -0.05) is 30.1 Å². The van der Waals surface area contributed by atoms with E-state index in [0.717, 1.165) is 12.1 Å². The van der Waals surface area contributed by atoms with Gasteiger partial charge in [0, 0.05) is 22.9 Å². The molecule has 114 valence electrons. The second kappa shape index (κ2) is 8.22. The van der Waals surface area contributed by atoms with Crippen molar-refractivity contribution in [3.8, 4) is 5.75 Å². The molecule has 0 aliphatic heterocycles. The van der Waals surface area contributed by atoms with Gasteiger partial charge in [-0.3, -0.25) is 0 Å². The molecule has 0 aromatic heterocycles. The van der Waals surface area contributed by atoms with Gasteiger partial charge in [0.25, 0.3) is 0 Å². The third-order valence-electron chi connectivity index (χ3n) is 2.25. The number of hydrogen-bond donors (Lipinski definition) is 1. The fourth-order valence-corrected chi connectivity index (χ4v) is 2.46. The van der Waals surface area contributed by atoms with E-state index in [-0.39, 0.29) is 24.1 Å². The van der Waals surface area contributed by atoms with Crippen LogP contribution < -0.4 is 10.1 Å². The van der Waals surface area contributed by atoms with Crippen molar-refractivity contribution >= 4 is 35.0 Å². The summed E-state index contributed by atoms with van der Waals surface area (Å²) in [4.78, 5) is 0. The largest absolute Gasteiger partial charge is 0.491 e. The minimum absolute atomic E-state index is 0.0787. The van der Waals surface area contributed by atoms with Gasteiger partial charge >= 0.3 is 5.51 Å². The first-order valence-corrected chi connectivity index (χ1v) is 7.59. The van der Waals surface area contributed by atoms with Crippen molar-refractivity contribution in [1.29, 1.82) is 0 Å². The number of nitrogens with one attached hydrogen (secondary N) is 1. The molecule has 0 saturated carbocycles. The summed E-state index contributed by atoms with van der Waals surface area (Å²) in [6.07, 6.45) is 0. The molecule has 1 aromatic rings. The average Bonchev–Trinajstić information content (AvgIpc) is 2.32. The van der Waals surface area contributed by atoms with Crippen molar-refractivity contribution in [2.75, 3.05) is 18.9 Å². The van der Waals surface area contributed by atoms with E-state index in [1.807, 2.05) is 6.92 Å². The molecule has 2 nitrogen and oxygen atoms in total. The highest BCUT2D eigenvalue weighted by Crippen LogP contribution is 2.34. The molecule has 0 unspecified atom stereocenters. The maximum absolute atomic E-state index is 12.0. The van der Waals surface area contributed by atoms with E-state index < -0.39 is 5.51 Å². The van der Waals surface area contributed by atoms with Crippen LogP contribution in [0.5, 0.6) is 5.75 Å². The van der Waals surface area contributed by atoms with Gasteiger partial charge in [-0.2, -0.15) is 13.2 Å². The van der Waals surface area contributed by atoms with Crippen molar-refractivity contribution < 1.29 is 17.9 Å². The molecule has 8 heteroatoms. The molecule has 0 heterocycles. The Morgan fingerprint density at radius 2 is 2.00 bits per heavy atom. The molecule has 1 rings (SSSR count). The lowest BCUT2D eigenvalue weighted by molar-refractivity contribution is -0.0329. The first-order chi connectivity index (χ1) is 9.33. The molecular weight excluding hydrogens is 334 g/mol. The molecule has 0 aliphatic carbocycles. The van der Waals surface area contributed by atoms with Crippen LogP contribution in [0.1, 0.15) is 12.5 Å². The zero-order chi connectivity index (χ0) is 15.2. The number of benzene rings is 1. The van der Waals surface area contributed by atoms with Crippen LogP contribution in [0, 0.1) is 0 Å². The molecule has 0 saturated heterocycles. The molecule has 0 radical (unpaired) electrons. The van der Waals surface area contributed by atoms with Gasteiger partial charge in [0.05, 0.1) is 11.6 Å². The number of thioether (sulfide) groups is 1. The van der Waals surface area contributed by atoms with Crippen LogP contribution >= 0.6 is 35.0 Å². The highest BCUT2D eigenvalue weighted by molar-refractivity contribution is 8.00. The first kappa shape index (κ1) is 17.8. The molecule has 20 heavy (non-hydrogen) atoms. The Bertz CT molecular complexity index is 443. The Balaban J connectivity index is 2.67. The summed E-state index contributed by atoms with van der Waals surface area (Å²) in [7, 11) is 0. The van der Waals surface area contributed by atoms with Crippen LogP contribution in [0.15, 0.2) is 12.1 Å². The van der Waals surface area contributed by atoms with Crippen LogP contribution in [-0.4, -0.2) is 24.4 Å². The maximum atomic E-state index is 12.0.